The smallest absolute Gasteiger partial charge is 0.106 e. The van der Waals surface area contributed by atoms with Crippen LogP contribution in [-0.2, 0) is 4.84 Å². The van der Waals surface area contributed by atoms with Crippen LogP contribution in [0.3, 0.4) is 0 Å². The van der Waals surface area contributed by atoms with Gasteiger partial charge in [-0.3, -0.25) is 0 Å². The average molecular weight is 209 g/mol. The number of hydrogen-bond donors (Lipinski definition) is 0. The highest BCUT2D eigenvalue weighted by Crippen LogP contribution is 2.56. The Kier molecular flexibility index (Phi) is 2.56. The molecule has 1 spiro atoms. The number of nitrogens with zero attached hydrogens (tertiary/aromatic N) is 1. The summed E-state index contributed by atoms with van der Waals surface area (Å²) in [4.78, 5) is 5.08. The summed E-state index contributed by atoms with van der Waals surface area (Å²) in [5.41, 5.74) is 1.96. The zero-order valence-electron chi connectivity index (χ0n) is 10.5. The molecule has 2 saturated carbocycles. The fraction of sp³-hybridized carbons (Fsp3) is 0.923. The van der Waals surface area contributed by atoms with Gasteiger partial charge in [0, 0.05) is 10.8 Å². The average Bonchev–Trinajstić information content (AvgIpc) is 2.12. The van der Waals surface area contributed by atoms with Gasteiger partial charge in [-0.1, -0.05) is 32.3 Å². The topological polar surface area (TPSA) is 21.6 Å². The second kappa shape index (κ2) is 3.50. The third kappa shape index (κ3) is 1.49. The summed E-state index contributed by atoms with van der Waals surface area (Å²) in [6.07, 6.45) is 6.68. The minimum Gasteiger partial charge on any atom is -0.399 e. The highest BCUT2D eigenvalue weighted by atomic mass is 16.6. The van der Waals surface area contributed by atoms with Crippen LogP contribution < -0.4 is 0 Å². The molecule has 0 aliphatic heterocycles. The van der Waals surface area contributed by atoms with Gasteiger partial charge in [-0.05, 0) is 31.6 Å². The summed E-state index contributed by atoms with van der Waals surface area (Å²) >= 11 is 0. The molecule has 2 aliphatic rings. The van der Waals surface area contributed by atoms with E-state index in [1.807, 2.05) is 0 Å². The number of oxime groups is 1. The highest BCUT2D eigenvalue weighted by Gasteiger charge is 2.52. The third-order valence-corrected chi connectivity index (χ3v) is 4.89. The molecule has 1 atom stereocenters. The van der Waals surface area contributed by atoms with Crippen molar-refractivity contribution in [2.75, 3.05) is 7.11 Å². The van der Waals surface area contributed by atoms with Crippen LogP contribution in [0.15, 0.2) is 5.16 Å². The van der Waals surface area contributed by atoms with E-state index < -0.39 is 0 Å². The first-order chi connectivity index (χ1) is 7.03. The predicted octanol–water partition coefficient (Wildman–Crippen LogP) is 3.62. The largest absolute Gasteiger partial charge is 0.399 e. The van der Waals surface area contributed by atoms with Gasteiger partial charge in [0.2, 0.25) is 0 Å². The van der Waals surface area contributed by atoms with Crippen molar-refractivity contribution in [3.05, 3.63) is 0 Å². The molecule has 1 unspecified atom stereocenters. The van der Waals surface area contributed by atoms with Crippen LogP contribution in [-0.4, -0.2) is 12.8 Å². The standard InChI is InChI=1S/C13H23NO/c1-10-6-9-13(7-5-8-13)11(14-15-4)12(10,2)3/h10H,5-9H2,1-4H3/b14-11-. The molecule has 0 saturated heterocycles. The second-order valence-electron chi connectivity index (χ2n) is 5.92. The van der Waals surface area contributed by atoms with Crippen LogP contribution >= 0.6 is 0 Å². The molecule has 15 heavy (non-hydrogen) atoms. The van der Waals surface area contributed by atoms with Gasteiger partial charge in [0.05, 0.1) is 5.71 Å². The normalized spacial score (nSPS) is 35.2. The first-order valence-corrected chi connectivity index (χ1v) is 6.15. The van der Waals surface area contributed by atoms with Gasteiger partial charge in [0.15, 0.2) is 0 Å². The molecule has 2 aliphatic carbocycles. The van der Waals surface area contributed by atoms with Gasteiger partial charge in [-0.25, -0.2) is 0 Å². The Balaban J connectivity index is 2.33. The molecule has 0 N–H and O–H groups in total. The van der Waals surface area contributed by atoms with E-state index >= 15 is 0 Å². The van der Waals surface area contributed by atoms with Gasteiger partial charge in [0.1, 0.15) is 7.11 Å². The van der Waals surface area contributed by atoms with Gasteiger partial charge < -0.3 is 4.84 Å². The van der Waals surface area contributed by atoms with Crippen molar-refractivity contribution in [1.29, 1.82) is 0 Å². The minimum atomic E-state index is 0.217. The summed E-state index contributed by atoms with van der Waals surface area (Å²) in [7, 11) is 1.68. The van der Waals surface area contributed by atoms with Crippen LogP contribution in [0.2, 0.25) is 0 Å². The maximum atomic E-state index is 5.08. The van der Waals surface area contributed by atoms with Crippen molar-refractivity contribution >= 4 is 5.71 Å². The summed E-state index contributed by atoms with van der Waals surface area (Å²) in [5.74, 6) is 0.720. The molecule has 2 nitrogen and oxygen atoms in total. The lowest BCUT2D eigenvalue weighted by molar-refractivity contribution is 0.104. The van der Waals surface area contributed by atoms with Crippen molar-refractivity contribution in [2.24, 2.45) is 21.9 Å². The summed E-state index contributed by atoms with van der Waals surface area (Å²) in [5, 5.41) is 4.38. The van der Waals surface area contributed by atoms with Crippen molar-refractivity contribution in [2.45, 2.75) is 52.9 Å². The van der Waals surface area contributed by atoms with E-state index in [4.69, 9.17) is 4.84 Å². The quantitative estimate of drug-likeness (QED) is 0.604. The summed E-state index contributed by atoms with van der Waals surface area (Å²) in [6.45, 7) is 7.00. The second-order valence-corrected chi connectivity index (χ2v) is 5.92. The molecule has 0 aromatic heterocycles. The molecule has 0 aromatic carbocycles. The lowest BCUT2D eigenvalue weighted by Gasteiger charge is -2.53. The maximum Gasteiger partial charge on any atom is 0.106 e. The SMILES string of the molecule is CO/N=C1\C2(CCC2)CCC(C)C1(C)C. The molecule has 0 heterocycles. The molecule has 2 fully saturated rings. The molecule has 0 radical (unpaired) electrons. The zero-order valence-corrected chi connectivity index (χ0v) is 10.5. The molecule has 0 bridgehead atoms. The Morgan fingerprint density at radius 1 is 1.27 bits per heavy atom. The van der Waals surface area contributed by atoms with E-state index in [-0.39, 0.29) is 5.41 Å². The van der Waals surface area contributed by atoms with Crippen molar-refractivity contribution in [3.8, 4) is 0 Å². The van der Waals surface area contributed by atoms with E-state index in [9.17, 15) is 0 Å². The Bertz CT molecular complexity index is 272. The molecule has 0 amide bonds. The van der Waals surface area contributed by atoms with E-state index in [0.29, 0.717) is 5.41 Å². The fourth-order valence-corrected chi connectivity index (χ4v) is 3.28. The minimum absolute atomic E-state index is 0.217. The Morgan fingerprint density at radius 2 is 1.93 bits per heavy atom. The number of hydrogen-bond acceptors (Lipinski definition) is 2. The predicted molar refractivity (Wildman–Crippen MR) is 62.9 cm³/mol. The van der Waals surface area contributed by atoms with Gasteiger partial charge >= 0.3 is 0 Å². The first kappa shape index (κ1) is 11.0. The van der Waals surface area contributed by atoms with E-state index in [2.05, 4.69) is 25.9 Å². The summed E-state index contributed by atoms with van der Waals surface area (Å²) < 4.78 is 0. The van der Waals surface area contributed by atoms with Gasteiger partial charge in [-0.15, -0.1) is 0 Å². The lowest BCUT2D eigenvalue weighted by Crippen LogP contribution is -2.51. The molecular weight excluding hydrogens is 186 g/mol. The van der Waals surface area contributed by atoms with Crippen LogP contribution in [0.25, 0.3) is 0 Å². The van der Waals surface area contributed by atoms with E-state index in [1.165, 1.54) is 37.8 Å². The highest BCUT2D eigenvalue weighted by molar-refractivity contribution is 5.96. The third-order valence-electron chi connectivity index (χ3n) is 4.89. The van der Waals surface area contributed by atoms with Crippen LogP contribution in [0, 0.1) is 16.7 Å². The molecule has 2 heteroatoms. The Labute approximate surface area is 93.1 Å². The Morgan fingerprint density at radius 3 is 2.40 bits per heavy atom. The van der Waals surface area contributed by atoms with Gasteiger partial charge in [-0.2, -0.15) is 0 Å². The van der Waals surface area contributed by atoms with Crippen LogP contribution in [0.5, 0.6) is 0 Å². The fourth-order valence-electron chi connectivity index (χ4n) is 3.28. The maximum absolute atomic E-state index is 5.08. The molecular formula is C13H23NO. The lowest BCUT2D eigenvalue weighted by atomic mass is 9.51. The Hall–Kier alpha value is -0.530. The van der Waals surface area contributed by atoms with Crippen molar-refractivity contribution < 1.29 is 4.84 Å². The van der Waals surface area contributed by atoms with Crippen molar-refractivity contribution in [1.82, 2.24) is 0 Å². The molecule has 86 valence electrons. The number of rotatable bonds is 1. The van der Waals surface area contributed by atoms with E-state index in [0.717, 1.165) is 5.92 Å². The first-order valence-electron chi connectivity index (χ1n) is 6.15. The van der Waals surface area contributed by atoms with Crippen molar-refractivity contribution in [3.63, 3.8) is 0 Å². The van der Waals surface area contributed by atoms with E-state index in [1.54, 1.807) is 7.11 Å². The monoisotopic (exact) mass is 209 g/mol. The van der Waals surface area contributed by atoms with Gasteiger partial charge in [0.25, 0.3) is 0 Å². The zero-order chi connectivity index (χ0) is 11.1. The molecule has 0 aromatic rings. The summed E-state index contributed by atoms with van der Waals surface area (Å²) in [6, 6.07) is 0. The van der Waals surface area contributed by atoms with Crippen LogP contribution in [0.1, 0.15) is 52.9 Å². The van der Waals surface area contributed by atoms with Crippen LogP contribution in [0.4, 0.5) is 0 Å². The molecule has 2 rings (SSSR count).